The van der Waals surface area contributed by atoms with Crippen LogP contribution in [-0.4, -0.2) is 19.1 Å². The molecule has 1 unspecified atom stereocenters. The maximum atomic E-state index is 5.71. The van der Waals surface area contributed by atoms with Gasteiger partial charge in [-0.3, -0.25) is 0 Å². The van der Waals surface area contributed by atoms with Gasteiger partial charge in [-0.25, -0.2) is 0 Å². The van der Waals surface area contributed by atoms with E-state index in [-0.39, 0.29) is 0 Å². The van der Waals surface area contributed by atoms with Gasteiger partial charge in [0.15, 0.2) is 0 Å². The average molecular weight is 180 g/mol. The van der Waals surface area contributed by atoms with Crippen molar-refractivity contribution in [3.63, 3.8) is 0 Å². The van der Waals surface area contributed by atoms with E-state index in [1.807, 2.05) is 0 Å². The molecule has 1 saturated carbocycles. The van der Waals surface area contributed by atoms with Crippen LogP contribution >= 0.6 is 0 Å². The van der Waals surface area contributed by atoms with Crippen molar-refractivity contribution in [1.82, 2.24) is 5.32 Å². The zero-order valence-corrected chi connectivity index (χ0v) is 8.26. The molecule has 0 aromatic rings. The Hall–Kier alpha value is -0.520. The third-order valence-electron chi connectivity index (χ3n) is 2.94. The molecule has 1 atom stereocenters. The standard InChI is InChI=1S/C11H20N2/c1-2-8-13-11(9-12)10-6-4-3-5-7-10/h1,10-11,13H,3-9,12H2. The van der Waals surface area contributed by atoms with Crippen molar-refractivity contribution < 1.29 is 0 Å². The molecule has 0 amide bonds. The van der Waals surface area contributed by atoms with Gasteiger partial charge in [-0.15, -0.1) is 6.42 Å². The molecule has 1 rings (SSSR count). The second-order valence-corrected chi connectivity index (χ2v) is 3.83. The minimum atomic E-state index is 0.441. The summed E-state index contributed by atoms with van der Waals surface area (Å²) in [7, 11) is 0. The van der Waals surface area contributed by atoms with Gasteiger partial charge >= 0.3 is 0 Å². The monoisotopic (exact) mass is 180 g/mol. The quantitative estimate of drug-likeness (QED) is 0.636. The molecular weight excluding hydrogens is 160 g/mol. The molecule has 74 valence electrons. The highest BCUT2D eigenvalue weighted by atomic mass is 14.9. The van der Waals surface area contributed by atoms with Crippen LogP contribution in [0.3, 0.4) is 0 Å². The largest absolute Gasteiger partial charge is 0.329 e. The van der Waals surface area contributed by atoms with Crippen molar-refractivity contribution >= 4 is 0 Å². The summed E-state index contributed by atoms with van der Waals surface area (Å²) in [6.07, 6.45) is 12.0. The summed E-state index contributed by atoms with van der Waals surface area (Å²) < 4.78 is 0. The summed E-state index contributed by atoms with van der Waals surface area (Å²) in [5.74, 6) is 3.36. The molecule has 3 N–H and O–H groups in total. The van der Waals surface area contributed by atoms with E-state index in [0.717, 1.165) is 5.92 Å². The zero-order valence-electron chi connectivity index (χ0n) is 8.26. The second-order valence-electron chi connectivity index (χ2n) is 3.83. The molecule has 1 aliphatic rings. The highest BCUT2D eigenvalue weighted by Crippen LogP contribution is 2.25. The van der Waals surface area contributed by atoms with Crippen molar-refractivity contribution in [3.05, 3.63) is 0 Å². The predicted octanol–water partition coefficient (Wildman–Crippen LogP) is 1.12. The van der Waals surface area contributed by atoms with Gasteiger partial charge in [-0.2, -0.15) is 0 Å². The minimum Gasteiger partial charge on any atom is -0.329 e. The van der Waals surface area contributed by atoms with Gasteiger partial charge in [-0.1, -0.05) is 25.2 Å². The lowest BCUT2D eigenvalue weighted by atomic mass is 9.84. The van der Waals surface area contributed by atoms with Crippen LogP contribution < -0.4 is 11.1 Å². The molecule has 0 aromatic carbocycles. The molecule has 0 saturated heterocycles. The predicted molar refractivity (Wildman–Crippen MR) is 56.3 cm³/mol. The van der Waals surface area contributed by atoms with Crippen molar-refractivity contribution in [2.24, 2.45) is 11.7 Å². The van der Waals surface area contributed by atoms with E-state index in [9.17, 15) is 0 Å². The first kappa shape index (κ1) is 10.6. The third-order valence-corrected chi connectivity index (χ3v) is 2.94. The molecule has 2 heteroatoms. The van der Waals surface area contributed by atoms with Crippen molar-refractivity contribution in [2.75, 3.05) is 13.1 Å². The van der Waals surface area contributed by atoms with Crippen molar-refractivity contribution in [1.29, 1.82) is 0 Å². The van der Waals surface area contributed by atoms with E-state index in [1.165, 1.54) is 32.1 Å². The molecule has 1 fully saturated rings. The third kappa shape index (κ3) is 3.38. The van der Waals surface area contributed by atoms with E-state index < -0.39 is 0 Å². The summed E-state index contributed by atoms with van der Waals surface area (Å²) in [5, 5.41) is 3.33. The van der Waals surface area contributed by atoms with E-state index in [0.29, 0.717) is 19.1 Å². The van der Waals surface area contributed by atoms with E-state index in [1.54, 1.807) is 0 Å². The Balaban J connectivity index is 2.31. The molecule has 0 aliphatic heterocycles. The smallest absolute Gasteiger partial charge is 0.0576 e. The molecule has 13 heavy (non-hydrogen) atoms. The summed E-state index contributed by atoms with van der Waals surface area (Å²) >= 11 is 0. The highest BCUT2D eigenvalue weighted by Gasteiger charge is 2.21. The molecule has 0 heterocycles. The van der Waals surface area contributed by atoms with Gasteiger partial charge in [0.1, 0.15) is 0 Å². The van der Waals surface area contributed by atoms with E-state index in [4.69, 9.17) is 12.2 Å². The van der Waals surface area contributed by atoms with Crippen LogP contribution in [0.15, 0.2) is 0 Å². The number of rotatable bonds is 4. The van der Waals surface area contributed by atoms with Gasteiger partial charge in [0.05, 0.1) is 6.54 Å². The maximum Gasteiger partial charge on any atom is 0.0576 e. The Morgan fingerprint density at radius 2 is 2.08 bits per heavy atom. The van der Waals surface area contributed by atoms with Crippen LogP contribution in [-0.2, 0) is 0 Å². The first-order chi connectivity index (χ1) is 6.38. The Labute approximate surface area is 81.3 Å². The van der Waals surface area contributed by atoms with Crippen LogP contribution in [0.4, 0.5) is 0 Å². The zero-order chi connectivity index (χ0) is 9.52. The van der Waals surface area contributed by atoms with Gasteiger partial charge in [-0.05, 0) is 18.8 Å². The fraction of sp³-hybridized carbons (Fsp3) is 0.818. The Morgan fingerprint density at radius 3 is 2.62 bits per heavy atom. The van der Waals surface area contributed by atoms with Gasteiger partial charge in [0.25, 0.3) is 0 Å². The first-order valence-electron chi connectivity index (χ1n) is 5.25. The van der Waals surface area contributed by atoms with Gasteiger partial charge < -0.3 is 11.1 Å². The van der Waals surface area contributed by atoms with Crippen LogP contribution in [0.2, 0.25) is 0 Å². The normalized spacial score (nSPS) is 20.9. The molecule has 0 aromatic heterocycles. The van der Waals surface area contributed by atoms with Crippen LogP contribution in [0.5, 0.6) is 0 Å². The lowest BCUT2D eigenvalue weighted by molar-refractivity contribution is 0.278. The topological polar surface area (TPSA) is 38.0 Å². The average Bonchev–Trinajstić information content (AvgIpc) is 2.21. The molecule has 1 aliphatic carbocycles. The van der Waals surface area contributed by atoms with Crippen LogP contribution in [0.25, 0.3) is 0 Å². The molecule has 0 bridgehead atoms. The minimum absolute atomic E-state index is 0.441. The van der Waals surface area contributed by atoms with Crippen LogP contribution in [0, 0.1) is 18.3 Å². The lowest BCUT2D eigenvalue weighted by Gasteiger charge is -2.29. The summed E-state index contributed by atoms with van der Waals surface area (Å²) in [4.78, 5) is 0. The maximum absolute atomic E-state index is 5.71. The molecular formula is C11H20N2. The van der Waals surface area contributed by atoms with Gasteiger partial charge in [0.2, 0.25) is 0 Å². The fourth-order valence-corrected chi connectivity index (χ4v) is 2.17. The Morgan fingerprint density at radius 1 is 1.38 bits per heavy atom. The Kier molecular flexibility index (Phi) is 4.88. The summed E-state index contributed by atoms with van der Waals surface area (Å²) in [6.45, 7) is 1.37. The van der Waals surface area contributed by atoms with Crippen molar-refractivity contribution in [3.8, 4) is 12.3 Å². The molecule has 0 spiro atoms. The van der Waals surface area contributed by atoms with Crippen molar-refractivity contribution in [2.45, 2.75) is 38.1 Å². The lowest BCUT2D eigenvalue weighted by Crippen LogP contribution is -2.43. The Bertz CT molecular complexity index is 165. The highest BCUT2D eigenvalue weighted by molar-refractivity contribution is 4.90. The number of hydrogen-bond acceptors (Lipinski definition) is 2. The summed E-state index contributed by atoms with van der Waals surface area (Å²) in [5.41, 5.74) is 5.71. The first-order valence-corrected chi connectivity index (χ1v) is 5.25. The number of terminal acetylenes is 1. The van der Waals surface area contributed by atoms with E-state index >= 15 is 0 Å². The number of nitrogens with one attached hydrogen (secondary N) is 1. The van der Waals surface area contributed by atoms with Crippen LogP contribution in [0.1, 0.15) is 32.1 Å². The number of nitrogens with two attached hydrogens (primary N) is 1. The fourth-order valence-electron chi connectivity index (χ4n) is 2.17. The summed E-state index contributed by atoms with van der Waals surface area (Å²) in [6, 6.07) is 0.441. The number of hydrogen-bond donors (Lipinski definition) is 2. The SMILES string of the molecule is C#CCNC(CN)C1CCCCC1. The second kappa shape index (κ2) is 6.01. The van der Waals surface area contributed by atoms with E-state index in [2.05, 4.69) is 11.2 Å². The molecule has 0 radical (unpaired) electrons. The molecule has 2 nitrogen and oxygen atoms in total. The van der Waals surface area contributed by atoms with Gasteiger partial charge in [0, 0.05) is 12.6 Å².